The van der Waals surface area contributed by atoms with E-state index in [0.717, 1.165) is 0 Å². The van der Waals surface area contributed by atoms with Crippen molar-refractivity contribution in [2.45, 2.75) is 6.42 Å². The first-order valence-electron chi connectivity index (χ1n) is 3.94. The highest BCUT2D eigenvalue weighted by atomic mass is 16.6. The molecule has 0 aliphatic rings. The molecule has 0 saturated carbocycles. The van der Waals surface area contributed by atoms with Gasteiger partial charge in [-0.3, -0.25) is 14.9 Å². The van der Waals surface area contributed by atoms with Crippen LogP contribution in [0.25, 0.3) is 0 Å². The molecule has 1 N–H and O–H groups in total. The molecule has 0 aromatic carbocycles. The fourth-order valence-corrected chi connectivity index (χ4v) is 1.03. The minimum atomic E-state index is -1.18. The first-order chi connectivity index (χ1) is 7.04. The van der Waals surface area contributed by atoms with Crippen molar-refractivity contribution in [3.05, 3.63) is 27.9 Å². The molecular weight excluding hydrogens is 204 g/mol. The molecule has 0 amide bonds. The van der Waals surface area contributed by atoms with E-state index in [-0.39, 0.29) is 17.3 Å². The molecule has 7 heteroatoms. The van der Waals surface area contributed by atoms with Crippen molar-refractivity contribution in [1.29, 1.82) is 0 Å². The van der Waals surface area contributed by atoms with E-state index in [1.807, 2.05) is 0 Å². The van der Waals surface area contributed by atoms with Gasteiger partial charge in [0.25, 0.3) is 5.69 Å². The number of ether oxygens (including phenoxy) is 1. The highest BCUT2D eigenvalue weighted by Gasteiger charge is 2.18. The van der Waals surface area contributed by atoms with Gasteiger partial charge >= 0.3 is 5.97 Å². The highest BCUT2D eigenvalue weighted by molar-refractivity contribution is 5.71. The Balaban J connectivity index is 3.16. The minimum absolute atomic E-state index is 0.119. The zero-order valence-electron chi connectivity index (χ0n) is 7.84. The molecule has 0 atom stereocenters. The lowest BCUT2D eigenvalue weighted by atomic mass is 10.2. The third-order valence-electron chi connectivity index (χ3n) is 1.65. The summed E-state index contributed by atoms with van der Waals surface area (Å²) >= 11 is 0. The van der Waals surface area contributed by atoms with Crippen molar-refractivity contribution in [3.63, 3.8) is 0 Å². The molecule has 0 spiro atoms. The Labute approximate surface area is 84.5 Å². The van der Waals surface area contributed by atoms with Crippen LogP contribution in [0.4, 0.5) is 5.69 Å². The molecule has 1 rings (SSSR count). The number of aromatic nitrogens is 1. The van der Waals surface area contributed by atoms with E-state index in [9.17, 15) is 14.9 Å². The molecule has 0 fully saturated rings. The predicted octanol–water partition coefficient (Wildman–Crippen LogP) is 0.625. The number of aliphatic carboxylic acids is 1. The maximum atomic E-state index is 10.5. The van der Waals surface area contributed by atoms with Crippen LogP contribution in [0.15, 0.2) is 12.1 Å². The molecule has 1 heterocycles. The summed E-state index contributed by atoms with van der Waals surface area (Å²) in [5.74, 6) is -1.03. The number of hydrogen-bond donors (Lipinski definition) is 1. The van der Waals surface area contributed by atoms with Crippen molar-refractivity contribution in [2.75, 3.05) is 7.11 Å². The summed E-state index contributed by atoms with van der Waals surface area (Å²) in [5, 5.41) is 19.1. The van der Waals surface area contributed by atoms with Crippen LogP contribution in [0.5, 0.6) is 5.88 Å². The van der Waals surface area contributed by atoms with Crippen LogP contribution in [-0.4, -0.2) is 28.1 Å². The molecule has 0 aliphatic carbocycles. The molecule has 7 nitrogen and oxygen atoms in total. The smallest absolute Gasteiger partial charge is 0.309 e. The van der Waals surface area contributed by atoms with Crippen molar-refractivity contribution in [1.82, 2.24) is 4.98 Å². The van der Waals surface area contributed by atoms with Gasteiger partial charge in [0.1, 0.15) is 5.69 Å². The number of methoxy groups -OCH3 is 1. The molecule has 0 bridgehead atoms. The van der Waals surface area contributed by atoms with Gasteiger partial charge in [0, 0.05) is 12.1 Å². The van der Waals surface area contributed by atoms with Crippen molar-refractivity contribution in [2.24, 2.45) is 0 Å². The summed E-state index contributed by atoms with van der Waals surface area (Å²) in [6.45, 7) is 0. The molecule has 0 saturated heterocycles. The Morgan fingerprint density at radius 1 is 1.67 bits per heavy atom. The predicted molar refractivity (Wildman–Crippen MR) is 48.8 cm³/mol. The van der Waals surface area contributed by atoms with Crippen molar-refractivity contribution >= 4 is 11.7 Å². The Morgan fingerprint density at radius 3 is 2.80 bits per heavy atom. The zero-order valence-corrected chi connectivity index (χ0v) is 7.84. The number of pyridine rings is 1. The number of carbonyl (C=O) groups is 1. The average molecular weight is 212 g/mol. The summed E-state index contributed by atoms with van der Waals surface area (Å²) in [4.78, 5) is 24.0. The summed E-state index contributed by atoms with van der Waals surface area (Å²) in [7, 11) is 1.35. The summed E-state index contributed by atoms with van der Waals surface area (Å²) < 4.78 is 4.74. The summed E-state index contributed by atoms with van der Waals surface area (Å²) in [6, 6.07) is 2.48. The normalized spacial score (nSPS) is 9.67. The quantitative estimate of drug-likeness (QED) is 0.579. The second kappa shape index (κ2) is 4.36. The van der Waals surface area contributed by atoms with Crippen LogP contribution in [0.2, 0.25) is 0 Å². The van der Waals surface area contributed by atoms with Crippen molar-refractivity contribution < 1.29 is 19.6 Å². The van der Waals surface area contributed by atoms with Gasteiger partial charge in [-0.15, -0.1) is 0 Å². The van der Waals surface area contributed by atoms with Gasteiger partial charge < -0.3 is 9.84 Å². The van der Waals surface area contributed by atoms with Crippen molar-refractivity contribution in [3.8, 4) is 5.88 Å². The number of carboxylic acid groups (broad SMARTS) is 1. The van der Waals surface area contributed by atoms with Gasteiger partial charge in [-0.05, 0) is 0 Å². The number of hydrogen-bond acceptors (Lipinski definition) is 5. The third-order valence-corrected chi connectivity index (χ3v) is 1.65. The summed E-state index contributed by atoms with van der Waals surface area (Å²) in [5.41, 5.74) is -0.440. The molecule has 0 aliphatic heterocycles. The minimum Gasteiger partial charge on any atom is -0.481 e. The van der Waals surface area contributed by atoms with E-state index >= 15 is 0 Å². The van der Waals surface area contributed by atoms with E-state index < -0.39 is 17.3 Å². The second-order valence-corrected chi connectivity index (χ2v) is 2.65. The highest BCUT2D eigenvalue weighted by Crippen LogP contribution is 2.20. The van der Waals surface area contributed by atoms with Crippen LogP contribution in [0.3, 0.4) is 0 Å². The van der Waals surface area contributed by atoms with Gasteiger partial charge in [0.15, 0.2) is 0 Å². The fourth-order valence-electron chi connectivity index (χ4n) is 1.03. The summed E-state index contributed by atoms with van der Waals surface area (Å²) in [6.07, 6.45) is -0.506. The lowest BCUT2D eigenvalue weighted by Crippen LogP contribution is -2.06. The Bertz CT molecular complexity index is 404. The van der Waals surface area contributed by atoms with Gasteiger partial charge in [-0.2, -0.15) is 0 Å². The van der Waals surface area contributed by atoms with E-state index in [4.69, 9.17) is 9.84 Å². The number of nitrogens with zero attached hydrogens (tertiary/aromatic N) is 2. The van der Waals surface area contributed by atoms with Crippen LogP contribution in [0, 0.1) is 10.1 Å². The molecule has 0 radical (unpaired) electrons. The Hall–Kier alpha value is -2.18. The Morgan fingerprint density at radius 2 is 2.33 bits per heavy atom. The van der Waals surface area contributed by atoms with Gasteiger partial charge in [-0.25, -0.2) is 4.98 Å². The van der Waals surface area contributed by atoms with E-state index in [1.54, 1.807) is 0 Å². The monoisotopic (exact) mass is 212 g/mol. The van der Waals surface area contributed by atoms with Gasteiger partial charge in [-0.1, -0.05) is 0 Å². The zero-order chi connectivity index (χ0) is 11.4. The third kappa shape index (κ3) is 2.63. The molecular formula is C8H8N2O5. The van der Waals surface area contributed by atoms with E-state index in [1.165, 1.54) is 19.2 Å². The molecule has 0 unspecified atom stereocenters. The number of nitro groups is 1. The fraction of sp³-hybridized carbons (Fsp3) is 0.250. The van der Waals surface area contributed by atoms with Gasteiger partial charge in [0.2, 0.25) is 5.88 Å². The average Bonchev–Trinajstić information content (AvgIpc) is 2.16. The standard InChI is InChI=1S/C8H8N2O5/c1-15-7-3-2-6(10(13)14)5(9-7)4-8(11)12/h2-3H,4H2,1H3,(H,11,12). The van der Waals surface area contributed by atoms with E-state index in [2.05, 4.69) is 4.98 Å². The molecule has 1 aromatic heterocycles. The first kappa shape index (κ1) is 10.9. The maximum Gasteiger partial charge on any atom is 0.309 e. The second-order valence-electron chi connectivity index (χ2n) is 2.65. The number of carboxylic acids is 1. The lowest BCUT2D eigenvalue weighted by Gasteiger charge is -2.02. The SMILES string of the molecule is COc1ccc([N+](=O)[O-])c(CC(=O)O)n1. The lowest BCUT2D eigenvalue weighted by molar-refractivity contribution is -0.385. The molecule has 15 heavy (non-hydrogen) atoms. The topological polar surface area (TPSA) is 103 Å². The molecule has 1 aromatic rings. The van der Waals surface area contributed by atoms with Crippen LogP contribution in [-0.2, 0) is 11.2 Å². The number of rotatable bonds is 4. The Kier molecular flexibility index (Phi) is 3.17. The van der Waals surface area contributed by atoms with Crippen LogP contribution >= 0.6 is 0 Å². The van der Waals surface area contributed by atoms with Crippen LogP contribution < -0.4 is 4.74 Å². The largest absolute Gasteiger partial charge is 0.481 e. The van der Waals surface area contributed by atoms with Gasteiger partial charge in [0.05, 0.1) is 18.5 Å². The molecule has 80 valence electrons. The maximum absolute atomic E-state index is 10.5. The van der Waals surface area contributed by atoms with Crippen LogP contribution in [0.1, 0.15) is 5.69 Å². The first-order valence-corrected chi connectivity index (χ1v) is 3.94. The van der Waals surface area contributed by atoms with E-state index in [0.29, 0.717) is 0 Å².